The van der Waals surface area contributed by atoms with Crippen LogP contribution in [0.5, 0.6) is 0 Å². The van der Waals surface area contributed by atoms with Crippen LogP contribution >= 0.6 is 0 Å². The normalized spacial score (nSPS) is 26.9. The van der Waals surface area contributed by atoms with Gasteiger partial charge in [-0.25, -0.2) is 0 Å². The van der Waals surface area contributed by atoms with Gasteiger partial charge in [0, 0.05) is 0 Å². The summed E-state index contributed by atoms with van der Waals surface area (Å²) in [6, 6.07) is 3.23. The Balaban J connectivity index is 1.57. The van der Waals surface area contributed by atoms with E-state index in [9.17, 15) is 0 Å². The molecule has 3 heteroatoms. The Morgan fingerprint density at radius 2 is 0.607 bits per heavy atom. The summed E-state index contributed by atoms with van der Waals surface area (Å²) in [4.78, 5) is 5.98. The van der Waals surface area contributed by atoms with E-state index in [1.54, 1.807) is 4.67 Å². The van der Waals surface area contributed by atoms with Crippen molar-refractivity contribution in [1.29, 1.82) is 0 Å². The fraction of sp³-hybridized carbons (Fsp3) is 0.960. The van der Waals surface area contributed by atoms with Crippen LogP contribution in [0.2, 0.25) is 0 Å². The Morgan fingerprint density at radius 3 is 0.821 bits per heavy atom. The molecule has 0 aromatic carbocycles. The Kier molecular flexibility index (Phi) is 8.23. The van der Waals surface area contributed by atoms with Gasteiger partial charge in [0.1, 0.15) is 0 Å². The average molecular weight is 452 g/mol. The summed E-state index contributed by atoms with van der Waals surface area (Å²) in [6.45, 7) is 0. The van der Waals surface area contributed by atoms with Gasteiger partial charge >= 0.3 is 183 Å². The zero-order valence-electron chi connectivity index (χ0n) is 18.3. The Labute approximate surface area is 182 Å². The first-order valence-corrected chi connectivity index (χ1v) is 13.8. The maximum atomic E-state index is 3.73. The van der Waals surface area contributed by atoms with E-state index in [0.29, 0.717) is 0 Å². The minimum absolute atomic E-state index is 0.808. The van der Waals surface area contributed by atoms with Gasteiger partial charge in [0.05, 0.1) is 0 Å². The molecule has 0 aromatic heterocycles. The molecule has 0 saturated heterocycles. The molecule has 2 nitrogen and oxygen atoms in total. The van der Waals surface area contributed by atoms with Gasteiger partial charge in [0.2, 0.25) is 0 Å². The van der Waals surface area contributed by atoms with Crippen LogP contribution in [-0.4, -0.2) is 54.2 Å². The maximum absolute atomic E-state index is 3.73. The zero-order chi connectivity index (χ0) is 19.2. The number of hydrogen-bond donors (Lipinski definition) is 0. The standard InChI is InChI=1S/C25H44N2Se/c28-25(26(21-13-5-1-6-14-21)22-15-7-2-8-16-22)27(23-17-9-3-10-18-23)24-19-11-4-12-20-24/h21-24H,1-20H2. The predicted molar refractivity (Wildman–Crippen MR) is 122 cm³/mol. The second kappa shape index (κ2) is 10.9. The quantitative estimate of drug-likeness (QED) is 0.445. The van der Waals surface area contributed by atoms with E-state index in [4.69, 9.17) is 0 Å². The minimum atomic E-state index is 0.808. The molecule has 0 bridgehead atoms. The average Bonchev–Trinajstić information content (AvgIpc) is 2.77. The van der Waals surface area contributed by atoms with E-state index in [0.717, 1.165) is 24.2 Å². The predicted octanol–water partition coefficient (Wildman–Crippen LogP) is 6.18. The first kappa shape index (κ1) is 21.2. The van der Waals surface area contributed by atoms with Crippen LogP contribution in [0.1, 0.15) is 128 Å². The topological polar surface area (TPSA) is 6.48 Å². The second-order valence-corrected chi connectivity index (χ2v) is 11.0. The molecule has 0 aliphatic heterocycles. The second-order valence-electron chi connectivity index (χ2n) is 10.3. The Bertz CT molecular complexity index is 391. The molecule has 0 unspecified atom stereocenters. The van der Waals surface area contributed by atoms with Crippen LogP contribution < -0.4 is 0 Å². The van der Waals surface area contributed by atoms with E-state index in [1.165, 1.54) is 128 Å². The Morgan fingerprint density at radius 1 is 0.393 bits per heavy atom. The summed E-state index contributed by atoms with van der Waals surface area (Å²) >= 11 is 3.73. The van der Waals surface area contributed by atoms with E-state index >= 15 is 0 Å². The molecule has 4 aliphatic rings. The summed E-state index contributed by atoms with van der Waals surface area (Å²) in [5.74, 6) is 0. The summed E-state index contributed by atoms with van der Waals surface area (Å²) in [7, 11) is 0. The zero-order valence-corrected chi connectivity index (χ0v) is 20.0. The summed E-state index contributed by atoms with van der Waals surface area (Å²) in [6.07, 6.45) is 29.0. The summed E-state index contributed by atoms with van der Waals surface area (Å²) in [5, 5.41) is 0. The molecule has 4 saturated carbocycles. The first-order valence-electron chi connectivity index (χ1n) is 13.0. The van der Waals surface area contributed by atoms with E-state index in [2.05, 4.69) is 25.4 Å². The molecule has 4 fully saturated rings. The van der Waals surface area contributed by atoms with Gasteiger partial charge in [-0.1, -0.05) is 0 Å². The van der Waals surface area contributed by atoms with Gasteiger partial charge in [-0.3, -0.25) is 0 Å². The van der Waals surface area contributed by atoms with Gasteiger partial charge in [-0.05, 0) is 0 Å². The van der Waals surface area contributed by atoms with Crippen LogP contribution in [0.3, 0.4) is 0 Å². The molecule has 0 heterocycles. The fourth-order valence-electron chi connectivity index (χ4n) is 6.79. The molecule has 4 aliphatic carbocycles. The number of rotatable bonds is 6. The van der Waals surface area contributed by atoms with Gasteiger partial charge in [-0.15, -0.1) is 0 Å². The van der Waals surface area contributed by atoms with Crippen LogP contribution in [0.15, 0.2) is 0 Å². The van der Waals surface area contributed by atoms with Crippen molar-refractivity contribution in [1.82, 2.24) is 9.80 Å². The molecule has 0 amide bonds. The molecular formula is C25H44N2Se. The van der Waals surface area contributed by atoms with Crippen LogP contribution in [-0.2, 0) is 0 Å². The molecule has 0 aromatic rings. The van der Waals surface area contributed by atoms with Crippen LogP contribution in [0.25, 0.3) is 0 Å². The molecular weight excluding hydrogens is 407 g/mol. The van der Waals surface area contributed by atoms with Crippen molar-refractivity contribution >= 4 is 20.2 Å². The third-order valence-corrected chi connectivity index (χ3v) is 9.20. The third-order valence-electron chi connectivity index (χ3n) is 8.31. The van der Waals surface area contributed by atoms with Crippen molar-refractivity contribution in [2.75, 3.05) is 0 Å². The van der Waals surface area contributed by atoms with Gasteiger partial charge in [0.15, 0.2) is 0 Å². The van der Waals surface area contributed by atoms with Gasteiger partial charge in [0.25, 0.3) is 0 Å². The monoisotopic (exact) mass is 452 g/mol. The van der Waals surface area contributed by atoms with Gasteiger partial charge < -0.3 is 0 Å². The van der Waals surface area contributed by atoms with Crippen molar-refractivity contribution in [2.45, 2.75) is 153 Å². The fourth-order valence-corrected chi connectivity index (χ4v) is 8.04. The van der Waals surface area contributed by atoms with Crippen molar-refractivity contribution in [2.24, 2.45) is 0 Å². The third kappa shape index (κ3) is 5.18. The van der Waals surface area contributed by atoms with Gasteiger partial charge in [-0.2, -0.15) is 0 Å². The van der Waals surface area contributed by atoms with Crippen molar-refractivity contribution in [3.63, 3.8) is 0 Å². The summed E-state index contributed by atoms with van der Waals surface area (Å²) in [5.41, 5.74) is 0. The van der Waals surface area contributed by atoms with Crippen molar-refractivity contribution in [3.8, 4) is 0 Å². The first-order chi connectivity index (χ1) is 13.8. The molecule has 28 heavy (non-hydrogen) atoms. The molecule has 0 radical (unpaired) electrons. The Hall–Kier alpha value is -0.0105. The van der Waals surface area contributed by atoms with Crippen molar-refractivity contribution in [3.05, 3.63) is 0 Å². The van der Waals surface area contributed by atoms with Crippen LogP contribution in [0.4, 0.5) is 0 Å². The summed E-state index contributed by atoms with van der Waals surface area (Å²) < 4.78 is 1.60. The number of nitrogens with zero attached hydrogens (tertiary/aromatic N) is 2. The number of hydrogen-bond acceptors (Lipinski definition) is 2. The SMILES string of the molecule is [Se]=C(N(C1CCCCC1)C1CCCCC1)N(C1CCCCC1)C1CCCCC1. The van der Waals surface area contributed by atoms with E-state index in [1.807, 2.05) is 0 Å². The molecule has 0 spiro atoms. The van der Waals surface area contributed by atoms with E-state index in [-0.39, 0.29) is 0 Å². The molecule has 4 rings (SSSR count). The molecule has 0 N–H and O–H groups in total. The van der Waals surface area contributed by atoms with Crippen molar-refractivity contribution < 1.29 is 0 Å². The molecule has 0 atom stereocenters. The molecule has 160 valence electrons. The van der Waals surface area contributed by atoms with E-state index < -0.39 is 0 Å². The van der Waals surface area contributed by atoms with Crippen LogP contribution in [0, 0.1) is 0 Å².